The van der Waals surface area contributed by atoms with Gasteiger partial charge in [-0.1, -0.05) is 0 Å². The van der Waals surface area contributed by atoms with Crippen LogP contribution >= 0.6 is 7.82 Å². The topological polar surface area (TPSA) is 164 Å². The summed E-state index contributed by atoms with van der Waals surface area (Å²) in [7, 11) is -1.36. The summed E-state index contributed by atoms with van der Waals surface area (Å²) in [5.74, 6) is 0. The average Bonchev–Trinajstić information content (AvgIpc) is 3.07. The highest BCUT2D eigenvalue weighted by atomic mass is 31.2. The third-order valence-electron chi connectivity index (χ3n) is 3.90. The average molecular weight is 375 g/mol. The van der Waals surface area contributed by atoms with Gasteiger partial charge in [0.2, 0.25) is 0 Å². The number of aryl methyl sites for hydroxylation is 1. The van der Waals surface area contributed by atoms with Gasteiger partial charge in [0.1, 0.15) is 18.3 Å². The van der Waals surface area contributed by atoms with Crippen LogP contribution in [0.15, 0.2) is 17.6 Å². The molecule has 2 aromatic rings. The molecule has 4 N–H and O–H groups in total. The van der Waals surface area contributed by atoms with Gasteiger partial charge in [-0.15, -0.1) is 0 Å². The van der Waals surface area contributed by atoms with Crippen molar-refractivity contribution in [2.75, 3.05) is 13.7 Å². The van der Waals surface area contributed by atoms with Crippen LogP contribution in [0.2, 0.25) is 0 Å². The van der Waals surface area contributed by atoms with Gasteiger partial charge in [0.05, 0.1) is 19.3 Å². The molecular weight excluding hydrogens is 357 g/mol. The van der Waals surface area contributed by atoms with Crippen molar-refractivity contribution in [2.24, 2.45) is 12.0 Å². The molecular formula is C12H18N5O7P. The van der Waals surface area contributed by atoms with E-state index in [-0.39, 0.29) is 0 Å². The van der Waals surface area contributed by atoms with E-state index in [0.29, 0.717) is 16.7 Å². The molecule has 0 unspecified atom stereocenters. The monoisotopic (exact) mass is 375 g/mol. The molecule has 1 aliphatic rings. The van der Waals surface area contributed by atoms with Gasteiger partial charge in [0.15, 0.2) is 22.9 Å². The second-order valence-corrected chi connectivity index (χ2v) is 6.80. The molecule has 4 atom stereocenters. The Morgan fingerprint density at radius 3 is 2.68 bits per heavy atom. The van der Waals surface area contributed by atoms with Crippen molar-refractivity contribution in [3.63, 3.8) is 0 Å². The van der Waals surface area contributed by atoms with E-state index in [1.165, 1.54) is 17.2 Å². The van der Waals surface area contributed by atoms with Crippen LogP contribution in [-0.2, 0) is 20.9 Å². The largest absolute Gasteiger partial charge is 0.469 e. The molecule has 1 aliphatic heterocycles. The van der Waals surface area contributed by atoms with Gasteiger partial charge in [0, 0.05) is 14.1 Å². The number of hydrogen-bond donors (Lipinski definition) is 4. The van der Waals surface area contributed by atoms with Crippen LogP contribution in [0.25, 0.3) is 11.2 Å². The predicted molar refractivity (Wildman–Crippen MR) is 81.9 cm³/mol. The van der Waals surface area contributed by atoms with E-state index < -0.39 is 39.0 Å². The number of fused-ring (bicyclic) bond motifs is 1. The molecule has 25 heavy (non-hydrogen) atoms. The van der Waals surface area contributed by atoms with E-state index in [1.807, 2.05) is 0 Å². The maximum Gasteiger partial charge on any atom is 0.469 e. The number of aliphatic hydroxyl groups excluding tert-OH is 2. The van der Waals surface area contributed by atoms with Gasteiger partial charge < -0.3 is 29.3 Å². The van der Waals surface area contributed by atoms with Gasteiger partial charge in [0.25, 0.3) is 0 Å². The lowest BCUT2D eigenvalue weighted by Gasteiger charge is -2.16. The van der Waals surface area contributed by atoms with Crippen LogP contribution in [0.3, 0.4) is 0 Å². The summed E-state index contributed by atoms with van der Waals surface area (Å²) >= 11 is 0. The molecule has 0 radical (unpaired) electrons. The normalized spacial score (nSPS) is 28.2. The molecule has 13 heteroatoms. The second kappa shape index (κ2) is 6.57. The fraction of sp³-hybridized carbons (Fsp3) is 0.583. The lowest BCUT2D eigenvalue weighted by Crippen LogP contribution is -2.33. The molecule has 1 saturated heterocycles. The Kier molecular flexibility index (Phi) is 4.77. The van der Waals surface area contributed by atoms with Crippen molar-refractivity contribution in [3.8, 4) is 0 Å². The SMILES string of the molecule is CN=c1c2ncn([C@@H]3O[C@H](COP(=O)(O)O)[C@@H](O)[C@H]3O)c2ncn1C. The zero-order chi connectivity index (χ0) is 18.4. The molecule has 0 saturated carbocycles. The molecule has 0 bridgehead atoms. The zero-order valence-corrected chi connectivity index (χ0v) is 14.3. The number of rotatable bonds is 4. The molecule has 1 fully saturated rings. The first-order valence-electron chi connectivity index (χ1n) is 7.25. The Bertz CT molecular complexity index is 890. The number of nitrogens with zero attached hydrogens (tertiary/aromatic N) is 5. The summed E-state index contributed by atoms with van der Waals surface area (Å²) in [6, 6.07) is 0. The van der Waals surface area contributed by atoms with E-state index in [2.05, 4.69) is 19.5 Å². The van der Waals surface area contributed by atoms with Crippen LogP contribution < -0.4 is 5.49 Å². The number of phosphoric acid groups is 1. The van der Waals surface area contributed by atoms with E-state index in [1.54, 1.807) is 18.7 Å². The predicted octanol–water partition coefficient (Wildman–Crippen LogP) is -1.97. The Labute approximate surface area is 141 Å². The van der Waals surface area contributed by atoms with E-state index in [4.69, 9.17) is 14.5 Å². The van der Waals surface area contributed by atoms with Crippen LogP contribution in [-0.4, -0.2) is 71.1 Å². The van der Waals surface area contributed by atoms with Crippen molar-refractivity contribution in [1.82, 2.24) is 19.1 Å². The van der Waals surface area contributed by atoms with E-state index >= 15 is 0 Å². The van der Waals surface area contributed by atoms with Crippen molar-refractivity contribution in [2.45, 2.75) is 24.5 Å². The number of ether oxygens (including phenoxy) is 1. The van der Waals surface area contributed by atoms with Crippen molar-refractivity contribution in [3.05, 3.63) is 18.1 Å². The van der Waals surface area contributed by atoms with Gasteiger partial charge in [-0.2, -0.15) is 0 Å². The fourth-order valence-corrected chi connectivity index (χ4v) is 3.06. The van der Waals surface area contributed by atoms with Gasteiger partial charge in [-0.3, -0.25) is 14.1 Å². The molecule has 12 nitrogen and oxygen atoms in total. The lowest BCUT2D eigenvalue weighted by molar-refractivity contribution is -0.0504. The molecule has 138 valence electrons. The third kappa shape index (κ3) is 3.37. The number of aliphatic hydroxyl groups is 2. The summed E-state index contributed by atoms with van der Waals surface area (Å²) in [5, 5.41) is 20.3. The Hall–Kier alpha value is -1.66. The van der Waals surface area contributed by atoms with Gasteiger partial charge in [-0.05, 0) is 0 Å². The summed E-state index contributed by atoms with van der Waals surface area (Å²) in [5.41, 5.74) is 1.43. The summed E-state index contributed by atoms with van der Waals surface area (Å²) in [6.07, 6.45) is -2.02. The number of hydrogen-bond acceptors (Lipinski definition) is 8. The van der Waals surface area contributed by atoms with Crippen LogP contribution in [0.1, 0.15) is 6.23 Å². The quantitative estimate of drug-likeness (QED) is 0.444. The first-order chi connectivity index (χ1) is 11.7. The van der Waals surface area contributed by atoms with Crippen molar-refractivity contribution >= 4 is 19.0 Å². The van der Waals surface area contributed by atoms with Crippen LogP contribution in [0.4, 0.5) is 0 Å². The third-order valence-corrected chi connectivity index (χ3v) is 4.38. The lowest BCUT2D eigenvalue weighted by atomic mass is 10.1. The second-order valence-electron chi connectivity index (χ2n) is 5.56. The van der Waals surface area contributed by atoms with Crippen LogP contribution in [0.5, 0.6) is 0 Å². The Morgan fingerprint density at radius 1 is 1.32 bits per heavy atom. The number of phosphoric ester groups is 1. The van der Waals surface area contributed by atoms with E-state index in [9.17, 15) is 14.8 Å². The summed E-state index contributed by atoms with van der Waals surface area (Å²) < 4.78 is 23.8. The molecule has 0 aliphatic carbocycles. The minimum Gasteiger partial charge on any atom is -0.387 e. The summed E-state index contributed by atoms with van der Waals surface area (Å²) in [4.78, 5) is 30.1. The van der Waals surface area contributed by atoms with Crippen molar-refractivity contribution < 1.29 is 33.8 Å². The van der Waals surface area contributed by atoms with Gasteiger partial charge >= 0.3 is 7.82 Å². The Morgan fingerprint density at radius 2 is 2.04 bits per heavy atom. The molecule has 2 aromatic heterocycles. The molecule has 0 amide bonds. The molecule has 3 rings (SSSR count). The summed E-state index contributed by atoms with van der Waals surface area (Å²) in [6.45, 7) is -0.580. The maximum absolute atomic E-state index is 10.8. The van der Waals surface area contributed by atoms with Gasteiger partial charge in [-0.25, -0.2) is 14.5 Å². The minimum atomic E-state index is -4.72. The highest BCUT2D eigenvalue weighted by molar-refractivity contribution is 7.46. The highest BCUT2D eigenvalue weighted by Crippen LogP contribution is 2.38. The smallest absolute Gasteiger partial charge is 0.387 e. The highest BCUT2D eigenvalue weighted by Gasteiger charge is 2.45. The first-order valence-corrected chi connectivity index (χ1v) is 8.78. The molecule has 0 aromatic carbocycles. The standard InChI is InChI=1S/C12H18N5O7P/c1-13-10-7-11(15-4-16(10)2)17(5-14-7)12-9(19)8(18)6(24-12)3-23-25(20,21)22/h4-6,8-9,12,18-19H,3H2,1-2H3,(H2,20,21,22)/t6-,8-,9-,12-/m1/s1. The number of aromatic nitrogens is 4. The first kappa shape index (κ1) is 18.1. The van der Waals surface area contributed by atoms with Crippen LogP contribution in [0, 0.1) is 0 Å². The Balaban J connectivity index is 1.92. The van der Waals surface area contributed by atoms with Crippen molar-refractivity contribution in [1.29, 1.82) is 0 Å². The maximum atomic E-state index is 10.8. The molecule has 3 heterocycles. The minimum absolute atomic E-state index is 0.381. The van der Waals surface area contributed by atoms with E-state index in [0.717, 1.165) is 0 Å². The zero-order valence-electron chi connectivity index (χ0n) is 13.4. The molecule has 0 spiro atoms. The number of imidazole rings is 1. The fourth-order valence-electron chi connectivity index (χ4n) is 2.72.